The van der Waals surface area contributed by atoms with Crippen LogP contribution in [0.25, 0.3) is 10.9 Å². The first-order chi connectivity index (χ1) is 11.8. The van der Waals surface area contributed by atoms with Crippen LogP contribution in [0.15, 0.2) is 24.3 Å². The van der Waals surface area contributed by atoms with Crippen molar-refractivity contribution in [2.24, 2.45) is 5.73 Å². The Balaban J connectivity index is 1.96. The molecule has 1 aliphatic rings. The zero-order valence-corrected chi connectivity index (χ0v) is 14.3. The SMILES string of the molecule is COCCN(C[C@H]1CCCO1)c1nc(CCN)nc2ccccc12. The molecule has 1 saturated heterocycles. The molecule has 0 saturated carbocycles. The van der Waals surface area contributed by atoms with Gasteiger partial charge in [-0.15, -0.1) is 0 Å². The standard InChI is InChI=1S/C18H26N4O2/c1-23-12-10-22(13-14-5-4-11-24-14)18-15-6-2-3-7-16(15)20-17(21-18)8-9-19/h2-3,6-7,14H,4-5,8-13,19H2,1H3/t14-/m1/s1. The molecule has 1 aliphatic heterocycles. The highest BCUT2D eigenvalue weighted by atomic mass is 16.5. The van der Waals surface area contributed by atoms with Crippen LogP contribution < -0.4 is 10.6 Å². The van der Waals surface area contributed by atoms with E-state index in [0.29, 0.717) is 19.6 Å². The third kappa shape index (κ3) is 4.01. The number of hydrogen-bond donors (Lipinski definition) is 1. The summed E-state index contributed by atoms with van der Waals surface area (Å²) in [6, 6.07) is 8.14. The van der Waals surface area contributed by atoms with Gasteiger partial charge in [0.05, 0.1) is 18.2 Å². The summed E-state index contributed by atoms with van der Waals surface area (Å²) in [4.78, 5) is 11.7. The third-order valence-electron chi connectivity index (χ3n) is 4.31. The van der Waals surface area contributed by atoms with Crippen molar-refractivity contribution >= 4 is 16.7 Å². The lowest BCUT2D eigenvalue weighted by Crippen LogP contribution is -2.35. The number of methoxy groups -OCH3 is 1. The molecule has 0 bridgehead atoms. The maximum Gasteiger partial charge on any atom is 0.140 e. The Labute approximate surface area is 143 Å². The van der Waals surface area contributed by atoms with E-state index in [2.05, 4.69) is 16.0 Å². The Morgan fingerprint density at radius 1 is 1.33 bits per heavy atom. The van der Waals surface area contributed by atoms with Gasteiger partial charge >= 0.3 is 0 Å². The maximum absolute atomic E-state index is 5.83. The fourth-order valence-electron chi connectivity index (χ4n) is 3.11. The van der Waals surface area contributed by atoms with Crippen molar-refractivity contribution in [1.29, 1.82) is 0 Å². The minimum absolute atomic E-state index is 0.258. The van der Waals surface area contributed by atoms with Gasteiger partial charge in [0.1, 0.15) is 11.6 Å². The number of benzene rings is 1. The van der Waals surface area contributed by atoms with Crippen molar-refractivity contribution < 1.29 is 9.47 Å². The van der Waals surface area contributed by atoms with Crippen LogP contribution in [0.3, 0.4) is 0 Å². The summed E-state index contributed by atoms with van der Waals surface area (Å²) in [5, 5.41) is 1.06. The Kier molecular flexibility index (Phi) is 5.96. The normalized spacial score (nSPS) is 17.5. The molecule has 2 aromatic rings. The summed E-state index contributed by atoms with van der Waals surface area (Å²) < 4.78 is 11.1. The van der Waals surface area contributed by atoms with Gasteiger partial charge in [0.25, 0.3) is 0 Å². The number of nitrogens with zero attached hydrogens (tertiary/aromatic N) is 3. The van der Waals surface area contributed by atoms with Crippen molar-refractivity contribution in [3.63, 3.8) is 0 Å². The highest BCUT2D eigenvalue weighted by Gasteiger charge is 2.22. The smallest absolute Gasteiger partial charge is 0.140 e. The number of rotatable bonds is 8. The van der Waals surface area contributed by atoms with E-state index in [1.807, 2.05) is 18.2 Å². The first-order valence-corrected chi connectivity index (χ1v) is 8.63. The van der Waals surface area contributed by atoms with Gasteiger partial charge in [0, 0.05) is 38.6 Å². The van der Waals surface area contributed by atoms with E-state index in [1.165, 1.54) is 0 Å². The fraction of sp³-hybridized carbons (Fsp3) is 0.556. The molecule has 3 rings (SSSR count). The molecule has 0 radical (unpaired) electrons. The minimum Gasteiger partial charge on any atom is -0.383 e. The molecule has 1 fully saturated rings. The number of nitrogens with two attached hydrogens (primary N) is 1. The molecule has 130 valence electrons. The molecule has 6 nitrogen and oxygen atoms in total. The predicted molar refractivity (Wildman–Crippen MR) is 95.4 cm³/mol. The second kappa shape index (κ2) is 8.37. The van der Waals surface area contributed by atoms with Gasteiger partial charge in [0.2, 0.25) is 0 Å². The first-order valence-electron chi connectivity index (χ1n) is 8.63. The summed E-state index contributed by atoms with van der Waals surface area (Å²) in [5.41, 5.74) is 6.67. The van der Waals surface area contributed by atoms with Crippen LogP contribution in [-0.4, -0.2) is 56.0 Å². The molecular weight excluding hydrogens is 304 g/mol. The van der Waals surface area contributed by atoms with Crippen molar-refractivity contribution in [2.75, 3.05) is 44.9 Å². The van der Waals surface area contributed by atoms with Gasteiger partial charge in [-0.2, -0.15) is 0 Å². The number of para-hydroxylation sites is 1. The summed E-state index contributed by atoms with van der Waals surface area (Å²) in [7, 11) is 1.72. The lowest BCUT2D eigenvalue weighted by Gasteiger charge is -2.27. The second-order valence-corrected chi connectivity index (χ2v) is 6.09. The summed E-state index contributed by atoms with van der Waals surface area (Å²) in [5.74, 6) is 1.75. The molecule has 6 heteroatoms. The van der Waals surface area contributed by atoms with E-state index < -0.39 is 0 Å². The molecule has 0 unspecified atom stereocenters. The van der Waals surface area contributed by atoms with Gasteiger partial charge in [-0.3, -0.25) is 0 Å². The Morgan fingerprint density at radius 3 is 2.96 bits per heavy atom. The largest absolute Gasteiger partial charge is 0.383 e. The molecule has 2 N–H and O–H groups in total. The van der Waals surface area contributed by atoms with Crippen LogP contribution in [0.2, 0.25) is 0 Å². The Morgan fingerprint density at radius 2 is 2.21 bits per heavy atom. The molecule has 1 aromatic heterocycles. The fourth-order valence-corrected chi connectivity index (χ4v) is 3.11. The first kappa shape index (κ1) is 17.1. The number of aromatic nitrogens is 2. The molecule has 0 spiro atoms. The summed E-state index contributed by atoms with van der Waals surface area (Å²) in [6.45, 7) is 3.65. The van der Waals surface area contributed by atoms with E-state index in [4.69, 9.17) is 20.2 Å². The van der Waals surface area contributed by atoms with Crippen LogP contribution >= 0.6 is 0 Å². The van der Waals surface area contributed by atoms with E-state index in [-0.39, 0.29) is 6.10 Å². The van der Waals surface area contributed by atoms with E-state index in [0.717, 1.165) is 55.1 Å². The zero-order valence-electron chi connectivity index (χ0n) is 14.3. The highest BCUT2D eigenvalue weighted by Crippen LogP contribution is 2.25. The van der Waals surface area contributed by atoms with Gasteiger partial charge in [0.15, 0.2) is 0 Å². The van der Waals surface area contributed by atoms with Crippen LogP contribution in [0, 0.1) is 0 Å². The molecule has 1 atom stereocenters. The highest BCUT2D eigenvalue weighted by molar-refractivity contribution is 5.89. The van der Waals surface area contributed by atoms with Crippen LogP contribution in [0.1, 0.15) is 18.7 Å². The lowest BCUT2D eigenvalue weighted by molar-refractivity contribution is 0.113. The van der Waals surface area contributed by atoms with Crippen molar-refractivity contribution in [2.45, 2.75) is 25.4 Å². The maximum atomic E-state index is 5.83. The lowest BCUT2D eigenvalue weighted by atomic mass is 10.2. The molecule has 2 heterocycles. The predicted octanol–water partition coefficient (Wildman–Crippen LogP) is 1.76. The van der Waals surface area contributed by atoms with E-state index in [9.17, 15) is 0 Å². The van der Waals surface area contributed by atoms with Crippen LogP contribution in [-0.2, 0) is 15.9 Å². The zero-order chi connectivity index (χ0) is 16.8. The second-order valence-electron chi connectivity index (χ2n) is 6.09. The monoisotopic (exact) mass is 330 g/mol. The molecular formula is C18H26N4O2. The quantitative estimate of drug-likeness (QED) is 0.795. The van der Waals surface area contributed by atoms with Gasteiger partial charge in [-0.1, -0.05) is 12.1 Å². The van der Waals surface area contributed by atoms with Gasteiger partial charge < -0.3 is 20.1 Å². The minimum atomic E-state index is 0.258. The molecule has 0 aliphatic carbocycles. The topological polar surface area (TPSA) is 73.5 Å². The molecule has 0 amide bonds. The average molecular weight is 330 g/mol. The number of hydrogen-bond acceptors (Lipinski definition) is 6. The average Bonchev–Trinajstić information content (AvgIpc) is 3.11. The number of fused-ring (bicyclic) bond motifs is 1. The third-order valence-corrected chi connectivity index (χ3v) is 4.31. The molecule has 24 heavy (non-hydrogen) atoms. The van der Waals surface area contributed by atoms with E-state index in [1.54, 1.807) is 7.11 Å². The van der Waals surface area contributed by atoms with Crippen molar-refractivity contribution in [3.8, 4) is 0 Å². The van der Waals surface area contributed by atoms with Crippen LogP contribution in [0.5, 0.6) is 0 Å². The van der Waals surface area contributed by atoms with Crippen molar-refractivity contribution in [3.05, 3.63) is 30.1 Å². The number of anilines is 1. The van der Waals surface area contributed by atoms with Gasteiger partial charge in [-0.25, -0.2) is 9.97 Å². The van der Waals surface area contributed by atoms with Gasteiger partial charge in [-0.05, 0) is 31.5 Å². The Bertz CT molecular complexity index is 659. The summed E-state index contributed by atoms with van der Waals surface area (Å²) >= 11 is 0. The molecule has 1 aromatic carbocycles. The summed E-state index contributed by atoms with van der Waals surface area (Å²) in [6.07, 6.45) is 3.16. The van der Waals surface area contributed by atoms with E-state index >= 15 is 0 Å². The number of ether oxygens (including phenoxy) is 2. The van der Waals surface area contributed by atoms with Crippen LogP contribution in [0.4, 0.5) is 5.82 Å². The Hall–Kier alpha value is -1.76. The van der Waals surface area contributed by atoms with Crippen molar-refractivity contribution in [1.82, 2.24) is 9.97 Å².